The van der Waals surface area contributed by atoms with Crippen LogP contribution in [0.4, 0.5) is 0 Å². The molecule has 0 bridgehead atoms. The predicted molar refractivity (Wildman–Crippen MR) is 107 cm³/mol. The van der Waals surface area contributed by atoms with Crippen LogP contribution >= 0.6 is 11.3 Å². The van der Waals surface area contributed by atoms with Crippen LogP contribution in [0, 0.1) is 6.92 Å². The first-order valence-corrected chi connectivity index (χ1v) is 10.3. The quantitative estimate of drug-likeness (QED) is 0.751. The zero-order valence-electron chi connectivity index (χ0n) is 15.8. The maximum Gasteiger partial charge on any atom is 0.307 e. The summed E-state index contributed by atoms with van der Waals surface area (Å²) in [6.07, 6.45) is 1.09. The van der Waals surface area contributed by atoms with Crippen LogP contribution in [-0.2, 0) is 29.2 Å². The van der Waals surface area contributed by atoms with Crippen molar-refractivity contribution in [3.8, 4) is 0 Å². The van der Waals surface area contributed by atoms with Crippen LogP contribution in [0.5, 0.6) is 0 Å². The number of carbonyl (C=O) groups is 1. The molecule has 0 spiro atoms. The Kier molecular flexibility index (Phi) is 7.20. The first-order chi connectivity index (χ1) is 13.1. The molecule has 1 aliphatic rings. The van der Waals surface area contributed by atoms with Gasteiger partial charge in [-0.3, -0.25) is 14.5 Å². The van der Waals surface area contributed by atoms with Crippen LogP contribution in [0.2, 0.25) is 0 Å². The monoisotopic (exact) mass is 389 g/mol. The third-order valence-electron chi connectivity index (χ3n) is 4.85. The van der Waals surface area contributed by atoms with Crippen molar-refractivity contribution in [2.24, 2.45) is 0 Å². The molecule has 2 aromatic rings. The maximum atomic E-state index is 12.2. The Morgan fingerprint density at radius 2 is 1.96 bits per heavy atom. The van der Waals surface area contributed by atoms with Gasteiger partial charge < -0.3 is 14.6 Å². The topological polar surface area (TPSA) is 63.6 Å². The summed E-state index contributed by atoms with van der Waals surface area (Å²) in [4.78, 5) is 26.3. The molecular weight excluding hydrogens is 362 g/mol. The van der Waals surface area contributed by atoms with E-state index in [0.29, 0.717) is 25.9 Å². The van der Waals surface area contributed by atoms with Crippen molar-refractivity contribution in [1.82, 2.24) is 14.8 Å². The molecule has 0 aliphatic carbocycles. The zero-order chi connectivity index (χ0) is 19.1. The molecular formula is C20H27N3O3S. The fourth-order valence-corrected chi connectivity index (χ4v) is 4.00. The van der Waals surface area contributed by atoms with Crippen LogP contribution < -0.4 is 10.2 Å². The van der Waals surface area contributed by atoms with Gasteiger partial charge in [0.15, 0.2) is 0 Å². The molecule has 1 aromatic heterocycles. The van der Waals surface area contributed by atoms with E-state index in [1.807, 2.05) is 24.4 Å². The molecule has 7 heteroatoms. The lowest BCUT2D eigenvalue weighted by Gasteiger charge is -2.27. The summed E-state index contributed by atoms with van der Waals surface area (Å²) in [7, 11) is 0. The Balaban J connectivity index is 1.46. The molecule has 1 saturated heterocycles. The molecule has 27 heavy (non-hydrogen) atoms. The highest BCUT2D eigenvalue weighted by atomic mass is 32.1. The van der Waals surface area contributed by atoms with Gasteiger partial charge in [-0.25, -0.2) is 0 Å². The molecule has 1 aromatic carbocycles. The van der Waals surface area contributed by atoms with Gasteiger partial charge in [0.25, 0.3) is 0 Å². The average Bonchev–Trinajstić information content (AvgIpc) is 3.00. The molecule has 1 fully saturated rings. The second-order valence-corrected chi connectivity index (χ2v) is 7.65. The Morgan fingerprint density at radius 1 is 1.22 bits per heavy atom. The molecule has 6 nitrogen and oxygen atoms in total. The summed E-state index contributed by atoms with van der Waals surface area (Å²) in [5, 5.41) is 4.87. The first kappa shape index (κ1) is 19.8. The normalized spacial score (nSPS) is 15.0. The van der Waals surface area contributed by atoms with Crippen molar-refractivity contribution in [2.45, 2.75) is 39.4 Å². The third-order valence-corrected chi connectivity index (χ3v) is 5.74. The van der Waals surface area contributed by atoms with E-state index in [-0.39, 0.29) is 10.8 Å². The molecule has 0 unspecified atom stereocenters. The van der Waals surface area contributed by atoms with Gasteiger partial charge in [-0.15, -0.1) is 0 Å². The molecule has 0 radical (unpaired) electrons. The molecule has 146 valence electrons. The number of hydrogen-bond acceptors (Lipinski definition) is 5. The highest BCUT2D eigenvalue weighted by molar-refractivity contribution is 7.07. The van der Waals surface area contributed by atoms with Crippen LogP contribution in [-0.4, -0.2) is 41.7 Å². The lowest BCUT2D eigenvalue weighted by Crippen LogP contribution is -2.36. The molecule has 1 aliphatic heterocycles. The molecule has 0 atom stereocenters. The number of morpholine rings is 1. The fourth-order valence-electron chi connectivity index (χ4n) is 3.24. The van der Waals surface area contributed by atoms with Gasteiger partial charge in [0.05, 0.1) is 13.2 Å². The second kappa shape index (κ2) is 9.82. The number of amides is 1. The van der Waals surface area contributed by atoms with Gasteiger partial charge in [-0.05, 0) is 24.5 Å². The van der Waals surface area contributed by atoms with Gasteiger partial charge in [0.2, 0.25) is 5.91 Å². The number of nitrogens with zero attached hydrogens (tertiary/aromatic N) is 2. The molecule has 2 heterocycles. The third kappa shape index (κ3) is 5.76. The van der Waals surface area contributed by atoms with Crippen molar-refractivity contribution in [3.63, 3.8) is 0 Å². The number of ether oxygens (including phenoxy) is 1. The van der Waals surface area contributed by atoms with Crippen LogP contribution in [0.3, 0.4) is 0 Å². The first-order valence-electron chi connectivity index (χ1n) is 9.42. The van der Waals surface area contributed by atoms with Gasteiger partial charge in [0, 0.05) is 50.2 Å². The number of rotatable bonds is 8. The van der Waals surface area contributed by atoms with E-state index in [4.69, 9.17) is 4.74 Å². The number of aromatic nitrogens is 1. The number of thiazole rings is 1. The number of benzene rings is 1. The largest absolute Gasteiger partial charge is 0.379 e. The summed E-state index contributed by atoms with van der Waals surface area (Å²) in [5.41, 5.74) is 3.37. The SMILES string of the molecule is Cc1csc(=O)n1CCCC(=O)NCc1ccccc1CN1CCOCC1. The van der Waals surface area contributed by atoms with Crippen LogP contribution in [0.25, 0.3) is 0 Å². The molecule has 1 amide bonds. The summed E-state index contributed by atoms with van der Waals surface area (Å²) in [6.45, 7) is 7.40. The summed E-state index contributed by atoms with van der Waals surface area (Å²) >= 11 is 1.21. The van der Waals surface area contributed by atoms with E-state index in [0.717, 1.165) is 44.1 Å². The number of aryl methyl sites for hydroxylation is 1. The lowest BCUT2D eigenvalue weighted by atomic mass is 10.1. The van der Waals surface area contributed by atoms with Gasteiger partial charge in [-0.1, -0.05) is 35.6 Å². The van der Waals surface area contributed by atoms with Crippen LogP contribution in [0.15, 0.2) is 34.4 Å². The van der Waals surface area contributed by atoms with E-state index in [9.17, 15) is 9.59 Å². The van der Waals surface area contributed by atoms with Crippen molar-refractivity contribution in [1.29, 1.82) is 0 Å². The highest BCUT2D eigenvalue weighted by Gasteiger charge is 2.13. The van der Waals surface area contributed by atoms with E-state index in [1.54, 1.807) is 4.57 Å². The highest BCUT2D eigenvalue weighted by Crippen LogP contribution is 2.13. The van der Waals surface area contributed by atoms with E-state index in [2.05, 4.69) is 22.3 Å². The van der Waals surface area contributed by atoms with Gasteiger partial charge in [0.1, 0.15) is 0 Å². The minimum absolute atomic E-state index is 0.0251. The van der Waals surface area contributed by atoms with Gasteiger partial charge >= 0.3 is 4.87 Å². The van der Waals surface area contributed by atoms with Crippen molar-refractivity contribution in [3.05, 3.63) is 56.1 Å². The summed E-state index contributed by atoms with van der Waals surface area (Å²) < 4.78 is 7.14. The summed E-state index contributed by atoms with van der Waals surface area (Å²) in [5.74, 6) is 0.0251. The average molecular weight is 390 g/mol. The minimum Gasteiger partial charge on any atom is -0.379 e. The maximum absolute atomic E-state index is 12.2. The number of carbonyl (C=O) groups excluding carboxylic acids is 1. The number of hydrogen-bond donors (Lipinski definition) is 1. The van der Waals surface area contributed by atoms with Crippen molar-refractivity contribution in [2.75, 3.05) is 26.3 Å². The number of nitrogens with one attached hydrogen (secondary N) is 1. The smallest absolute Gasteiger partial charge is 0.307 e. The Bertz CT molecular complexity index is 809. The lowest BCUT2D eigenvalue weighted by molar-refractivity contribution is -0.121. The minimum atomic E-state index is 0.0251. The Morgan fingerprint density at radius 3 is 2.67 bits per heavy atom. The van der Waals surface area contributed by atoms with Crippen LogP contribution in [0.1, 0.15) is 29.7 Å². The molecule has 3 rings (SSSR count). The Hall–Kier alpha value is -1.96. The van der Waals surface area contributed by atoms with E-state index in [1.165, 1.54) is 16.9 Å². The second-order valence-electron chi connectivity index (χ2n) is 6.83. The van der Waals surface area contributed by atoms with E-state index < -0.39 is 0 Å². The standard InChI is InChI=1S/C20H27N3O3S/c1-16-15-27-20(25)23(16)8-4-7-19(24)21-13-17-5-2-3-6-18(17)14-22-9-11-26-12-10-22/h2-3,5-6,15H,4,7-14H2,1H3,(H,21,24). The predicted octanol–water partition coefficient (Wildman–Crippen LogP) is 2.15. The fraction of sp³-hybridized carbons (Fsp3) is 0.500. The zero-order valence-corrected chi connectivity index (χ0v) is 16.6. The Labute approximate surface area is 163 Å². The molecule has 0 saturated carbocycles. The summed E-state index contributed by atoms with van der Waals surface area (Å²) in [6, 6.07) is 8.26. The van der Waals surface area contributed by atoms with Crippen molar-refractivity contribution >= 4 is 17.2 Å². The van der Waals surface area contributed by atoms with Gasteiger partial charge in [-0.2, -0.15) is 0 Å². The van der Waals surface area contributed by atoms with E-state index >= 15 is 0 Å². The van der Waals surface area contributed by atoms with Crippen molar-refractivity contribution < 1.29 is 9.53 Å². The molecule has 1 N–H and O–H groups in total.